The Morgan fingerprint density at radius 1 is 1.17 bits per heavy atom. The van der Waals surface area contributed by atoms with Gasteiger partial charge in [0.05, 0.1) is 11.1 Å². The molecule has 1 N–H and O–H groups in total. The molecule has 0 heterocycles. The van der Waals surface area contributed by atoms with Gasteiger partial charge in [0.2, 0.25) is 0 Å². The third kappa shape index (κ3) is 3.10. The standard InChI is InChI=1S/C14H11BrClFO/c15-10-6-4-9(5-7-10)8-13(18)11-2-1-3-12(17)14(11)16/h1-7,13,18H,8H2. The first-order valence-corrected chi connectivity index (χ1v) is 6.61. The van der Waals surface area contributed by atoms with Crippen LogP contribution in [0.1, 0.15) is 17.2 Å². The van der Waals surface area contributed by atoms with Crippen LogP contribution in [0.15, 0.2) is 46.9 Å². The van der Waals surface area contributed by atoms with Crippen LogP contribution in [0, 0.1) is 5.82 Å². The molecule has 0 aliphatic rings. The SMILES string of the molecule is OC(Cc1ccc(Br)cc1)c1cccc(F)c1Cl. The van der Waals surface area contributed by atoms with Crippen LogP contribution >= 0.6 is 27.5 Å². The van der Waals surface area contributed by atoms with Crippen molar-refractivity contribution >= 4 is 27.5 Å². The van der Waals surface area contributed by atoms with E-state index in [1.165, 1.54) is 6.07 Å². The van der Waals surface area contributed by atoms with Crippen molar-refractivity contribution in [3.63, 3.8) is 0 Å². The molecule has 1 unspecified atom stereocenters. The number of aliphatic hydroxyl groups is 1. The lowest BCUT2D eigenvalue weighted by Crippen LogP contribution is -2.03. The predicted octanol–water partition coefficient (Wildman–Crippen LogP) is 4.52. The minimum atomic E-state index is -0.811. The molecular formula is C14H11BrClFO. The van der Waals surface area contributed by atoms with Gasteiger partial charge in [-0.05, 0) is 23.8 Å². The molecule has 0 aliphatic heterocycles. The minimum absolute atomic E-state index is 0.0119. The molecule has 0 spiro atoms. The number of hydrogen-bond donors (Lipinski definition) is 1. The zero-order valence-electron chi connectivity index (χ0n) is 9.41. The molecule has 4 heteroatoms. The van der Waals surface area contributed by atoms with Crippen molar-refractivity contribution in [1.82, 2.24) is 0 Å². The molecule has 0 fully saturated rings. The topological polar surface area (TPSA) is 20.2 Å². The van der Waals surface area contributed by atoms with Gasteiger partial charge >= 0.3 is 0 Å². The maximum absolute atomic E-state index is 13.3. The summed E-state index contributed by atoms with van der Waals surface area (Å²) in [6.07, 6.45) is -0.412. The summed E-state index contributed by atoms with van der Waals surface area (Å²) in [4.78, 5) is 0. The summed E-state index contributed by atoms with van der Waals surface area (Å²) in [5.74, 6) is -0.510. The van der Waals surface area contributed by atoms with E-state index < -0.39 is 11.9 Å². The van der Waals surface area contributed by atoms with Gasteiger partial charge in [0, 0.05) is 16.5 Å². The van der Waals surface area contributed by atoms with Crippen LogP contribution in [-0.2, 0) is 6.42 Å². The fourth-order valence-corrected chi connectivity index (χ4v) is 2.25. The van der Waals surface area contributed by atoms with E-state index in [1.807, 2.05) is 24.3 Å². The van der Waals surface area contributed by atoms with Crippen molar-refractivity contribution in [2.75, 3.05) is 0 Å². The van der Waals surface area contributed by atoms with E-state index in [-0.39, 0.29) is 5.02 Å². The first-order chi connectivity index (χ1) is 8.58. The molecule has 0 amide bonds. The Hall–Kier alpha value is -0.900. The quantitative estimate of drug-likeness (QED) is 0.878. The highest BCUT2D eigenvalue weighted by atomic mass is 79.9. The Bertz CT molecular complexity index is 542. The van der Waals surface area contributed by atoms with E-state index in [0.29, 0.717) is 12.0 Å². The number of rotatable bonds is 3. The molecule has 2 rings (SSSR count). The summed E-state index contributed by atoms with van der Waals surface area (Å²) >= 11 is 9.18. The van der Waals surface area contributed by atoms with Crippen LogP contribution < -0.4 is 0 Å². The normalized spacial score (nSPS) is 12.4. The Kier molecular flexibility index (Phi) is 4.38. The summed E-state index contributed by atoms with van der Waals surface area (Å²) in [5, 5.41) is 10.1. The van der Waals surface area contributed by atoms with Crippen molar-refractivity contribution in [3.8, 4) is 0 Å². The van der Waals surface area contributed by atoms with Crippen LogP contribution in [0.2, 0.25) is 5.02 Å². The minimum Gasteiger partial charge on any atom is -0.388 e. The van der Waals surface area contributed by atoms with Crippen molar-refractivity contribution < 1.29 is 9.50 Å². The third-order valence-electron chi connectivity index (χ3n) is 2.68. The average molecular weight is 330 g/mol. The summed E-state index contributed by atoms with van der Waals surface area (Å²) in [7, 11) is 0. The number of benzene rings is 2. The highest BCUT2D eigenvalue weighted by Crippen LogP contribution is 2.28. The lowest BCUT2D eigenvalue weighted by Gasteiger charge is -2.13. The molecule has 94 valence electrons. The molecule has 0 radical (unpaired) electrons. The third-order valence-corrected chi connectivity index (χ3v) is 3.61. The number of halogens is 3. The van der Waals surface area contributed by atoms with E-state index in [2.05, 4.69) is 15.9 Å². The molecule has 0 saturated carbocycles. The van der Waals surface area contributed by atoms with Crippen molar-refractivity contribution in [2.45, 2.75) is 12.5 Å². The molecule has 0 aromatic heterocycles. The molecule has 0 saturated heterocycles. The highest BCUT2D eigenvalue weighted by molar-refractivity contribution is 9.10. The Balaban J connectivity index is 2.19. The summed E-state index contributed by atoms with van der Waals surface area (Å²) in [6.45, 7) is 0. The molecule has 1 atom stereocenters. The van der Waals surface area contributed by atoms with E-state index in [0.717, 1.165) is 10.0 Å². The molecule has 0 aliphatic carbocycles. The molecule has 2 aromatic carbocycles. The van der Waals surface area contributed by atoms with Crippen LogP contribution in [0.5, 0.6) is 0 Å². The maximum Gasteiger partial charge on any atom is 0.142 e. The fourth-order valence-electron chi connectivity index (χ4n) is 1.73. The monoisotopic (exact) mass is 328 g/mol. The van der Waals surface area contributed by atoms with Gasteiger partial charge < -0.3 is 5.11 Å². The Morgan fingerprint density at radius 3 is 2.50 bits per heavy atom. The van der Waals surface area contributed by atoms with Crippen LogP contribution in [0.3, 0.4) is 0 Å². The molecular weight excluding hydrogens is 319 g/mol. The van der Waals surface area contributed by atoms with Gasteiger partial charge in [0.25, 0.3) is 0 Å². The van der Waals surface area contributed by atoms with Gasteiger partial charge in [0.1, 0.15) is 5.82 Å². The lowest BCUT2D eigenvalue weighted by atomic mass is 10.0. The van der Waals surface area contributed by atoms with E-state index >= 15 is 0 Å². The Labute approximate surface area is 118 Å². The van der Waals surface area contributed by atoms with Crippen LogP contribution in [0.4, 0.5) is 4.39 Å². The smallest absolute Gasteiger partial charge is 0.142 e. The van der Waals surface area contributed by atoms with Crippen molar-refractivity contribution in [1.29, 1.82) is 0 Å². The predicted molar refractivity (Wildman–Crippen MR) is 74.2 cm³/mol. The first-order valence-electron chi connectivity index (χ1n) is 5.44. The zero-order valence-corrected chi connectivity index (χ0v) is 11.7. The fraction of sp³-hybridized carbons (Fsp3) is 0.143. The second-order valence-corrected chi connectivity index (χ2v) is 5.28. The van der Waals surface area contributed by atoms with Crippen LogP contribution in [0.25, 0.3) is 0 Å². The Morgan fingerprint density at radius 2 is 1.83 bits per heavy atom. The second kappa shape index (κ2) is 5.83. The summed E-state index contributed by atoms with van der Waals surface area (Å²) in [6, 6.07) is 12.1. The molecule has 2 aromatic rings. The van der Waals surface area contributed by atoms with Crippen molar-refractivity contribution in [3.05, 3.63) is 68.9 Å². The van der Waals surface area contributed by atoms with E-state index in [1.54, 1.807) is 12.1 Å². The van der Waals surface area contributed by atoms with Gasteiger partial charge in [-0.15, -0.1) is 0 Å². The van der Waals surface area contributed by atoms with E-state index in [9.17, 15) is 9.50 Å². The van der Waals surface area contributed by atoms with Gasteiger partial charge in [-0.2, -0.15) is 0 Å². The maximum atomic E-state index is 13.3. The molecule has 0 bridgehead atoms. The zero-order chi connectivity index (χ0) is 13.1. The molecule has 18 heavy (non-hydrogen) atoms. The van der Waals surface area contributed by atoms with Crippen molar-refractivity contribution in [2.24, 2.45) is 0 Å². The van der Waals surface area contributed by atoms with E-state index in [4.69, 9.17) is 11.6 Å². The summed E-state index contributed by atoms with van der Waals surface area (Å²) in [5.41, 5.74) is 1.38. The number of aliphatic hydroxyl groups excluding tert-OH is 1. The largest absolute Gasteiger partial charge is 0.388 e. The van der Waals surface area contributed by atoms with Crippen LogP contribution in [-0.4, -0.2) is 5.11 Å². The van der Waals surface area contributed by atoms with Gasteiger partial charge in [-0.25, -0.2) is 4.39 Å². The second-order valence-electron chi connectivity index (χ2n) is 3.99. The first kappa shape index (κ1) is 13.5. The lowest BCUT2D eigenvalue weighted by molar-refractivity contribution is 0.178. The summed E-state index contributed by atoms with van der Waals surface area (Å²) < 4.78 is 14.3. The average Bonchev–Trinajstić information content (AvgIpc) is 2.35. The van der Waals surface area contributed by atoms with Gasteiger partial charge in [-0.1, -0.05) is 51.8 Å². The molecule has 1 nitrogen and oxygen atoms in total. The van der Waals surface area contributed by atoms with Gasteiger partial charge in [0.15, 0.2) is 0 Å². The van der Waals surface area contributed by atoms with Gasteiger partial charge in [-0.3, -0.25) is 0 Å². The number of hydrogen-bond acceptors (Lipinski definition) is 1. The highest BCUT2D eigenvalue weighted by Gasteiger charge is 2.14.